The SMILES string of the molecule is C=C1CCc2c(c3c(n4c2nc2ccccc24)C=C=CC=C3)C=C1c1ccc(-c2ccc3c4c(cccc24)C2C(c4ccccc4)=c4ccccc4=C(c4ccccc4)C32)cc1. The quantitative estimate of drug-likeness (QED) is 0.162. The summed E-state index contributed by atoms with van der Waals surface area (Å²) in [5, 5.41) is 5.37. The van der Waals surface area contributed by atoms with Crippen molar-refractivity contribution in [1.29, 1.82) is 0 Å². The Morgan fingerprint density at radius 3 is 1.98 bits per heavy atom. The zero-order valence-corrected chi connectivity index (χ0v) is 34.1. The number of aryl methyl sites for hydroxylation is 1. The Morgan fingerprint density at radius 1 is 0.581 bits per heavy atom. The van der Waals surface area contributed by atoms with Gasteiger partial charge in [-0.05, 0) is 125 Å². The second-order valence-corrected chi connectivity index (χ2v) is 17.1. The van der Waals surface area contributed by atoms with E-state index < -0.39 is 0 Å². The number of hydrogen-bond acceptors (Lipinski definition) is 1. The molecule has 0 aliphatic heterocycles. The van der Waals surface area contributed by atoms with Crippen molar-refractivity contribution in [2.75, 3.05) is 0 Å². The molecule has 2 nitrogen and oxygen atoms in total. The van der Waals surface area contributed by atoms with Crippen LogP contribution in [0.15, 0.2) is 194 Å². The van der Waals surface area contributed by atoms with Gasteiger partial charge in [0.2, 0.25) is 0 Å². The van der Waals surface area contributed by atoms with Gasteiger partial charge in [0, 0.05) is 29.0 Å². The van der Waals surface area contributed by atoms with E-state index in [1.165, 1.54) is 93.6 Å². The molecule has 4 aliphatic carbocycles. The van der Waals surface area contributed by atoms with Crippen molar-refractivity contribution in [2.24, 2.45) is 0 Å². The van der Waals surface area contributed by atoms with Gasteiger partial charge in [-0.2, -0.15) is 0 Å². The summed E-state index contributed by atoms with van der Waals surface area (Å²) >= 11 is 0. The Kier molecular flexibility index (Phi) is 7.70. The molecule has 7 aromatic carbocycles. The van der Waals surface area contributed by atoms with E-state index in [4.69, 9.17) is 4.98 Å². The molecule has 2 heterocycles. The van der Waals surface area contributed by atoms with E-state index in [0.29, 0.717) is 0 Å². The first kappa shape index (κ1) is 35.0. The van der Waals surface area contributed by atoms with Crippen molar-refractivity contribution in [3.8, 4) is 11.1 Å². The van der Waals surface area contributed by atoms with Gasteiger partial charge in [0.1, 0.15) is 5.65 Å². The summed E-state index contributed by atoms with van der Waals surface area (Å²) in [6, 6.07) is 60.8. The van der Waals surface area contributed by atoms with Crippen molar-refractivity contribution >= 4 is 62.4 Å². The normalized spacial score (nSPS) is 17.2. The highest BCUT2D eigenvalue weighted by atomic mass is 15.0. The molecule has 13 rings (SSSR count). The number of nitrogens with zero attached hydrogens (tertiary/aromatic N) is 2. The molecule has 0 saturated carbocycles. The number of rotatable bonds is 4. The highest BCUT2D eigenvalue weighted by Crippen LogP contribution is 2.58. The van der Waals surface area contributed by atoms with Gasteiger partial charge >= 0.3 is 0 Å². The van der Waals surface area contributed by atoms with E-state index in [1.807, 2.05) is 6.08 Å². The molecule has 62 heavy (non-hydrogen) atoms. The predicted octanol–water partition coefficient (Wildman–Crippen LogP) is 12.8. The fraction of sp³-hybridized carbons (Fsp3) is 0.0667. The molecule has 2 aromatic heterocycles. The Morgan fingerprint density at radius 2 is 1.24 bits per heavy atom. The highest BCUT2D eigenvalue weighted by molar-refractivity contribution is 6.07. The van der Waals surface area contributed by atoms with E-state index in [1.54, 1.807) is 0 Å². The van der Waals surface area contributed by atoms with Crippen LogP contribution in [0, 0.1) is 0 Å². The van der Waals surface area contributed by atoms with Crippen LogP contribution in [0.3, 0.4) is 0 Å². The molecule has 0 spiro atoms. The molecule has 0 radical (unpaired) electrons. The van der Waals surface area contributed by atoms with Gasteiger partial charge in [0.25, 0.3) is 0 Å². The summed E-state index contributed by atoms with van der Waals surface area (Å²) in [6.07, 6.45) is 12.5. The predicted molar refractivity (Wildman–Crippen MR) is 258 cm³/mol. The average molecular weight is 789 g/mol. The summed E-state index contributed by atoms with van der Waals surface area (Å²) in [6.45, 7) is 4.68. The van der Waals surface area contributed by atoms with Crippen LogP contribution in [0.4, 0.5) is 0 Å². The largest absolute Gasteiger partial charge is 0.291 e. The third-order valence-electron chi connectivity index (χ3n) is 13.9. The number of hydrogen-bond donors (Lipinski definition) is 0. The number of para-hydroxylation sites is 2. The minimum atomic E-state index is 0.188. The zero-order valence-electron chi connectivity index (χ0n) is 34.1. The van der Waals surface area contributed by atoms with Gasteiger partial charge in [-0.25, -0.2) is 4.98 Å². The number of benzene rings is 7. The van der Waals surface area contributed by atoms with Gasteiger partial charge in [-0.15, -0.1) is 5.73 Å². The van der Waals surface area contributed by atoms with E-state index in [0.717, 1.165) is 40.8 Å². The lowest BCUT2D eigenvalue weighted by Crippen LogP contribution is -2.38. The summed E-state index contributed by atoms with van der Waals surface area (Å²) in [4.78, 5) is 5.21. The summed E-state index contributed by atoms with van der Waals surface area (Å²) in [5.41, 5.74) is 25.6. The van der Waals surface area contributed by atoms with Crippen molar-refractivity contribution in [1.82, 2.24) is 9.38 Å². The number of allylic oxidation sites excluding steroid dienone is 4. The third kappa shape index (κ3) is 5.08. The van der Waals surface area contributed by atoms with Gasteiger partial charge in [0.15, 0.2) is 0 Å². The monoisotopic (exact) mass is 788 g/mol. The molecule has 0 fully saturated rings. The van der Waals surface area contributed by atoms with Gasteiger partial charge in [-0.1, -0.05) is 170 Å². The molecule has 0 saturated heterocycles. The molecule has 0 bridgehead atoms. The van der Waals surface area contributed by atoms with Crippen LogP contribution < -0.4 is 10.4 Å². The number of fused-ring (bicyclic) bond motifs is 12. The van der Waals surface area contributed by atoms with Crippen LogP contribution in [-0.2, 0) is 6.42 Å². The van der Waals surface area contributed by atoms with Gasteiger partial charge in [0.05, 0.1) is 16.7 Å². The highest BCUT2D eigenvalue weighted by Gasteiger charge is 2.42. The van der Waals surface area contributed by atoms with Crippen LogP contribution >= 0.6 is 0 Å². The second kappa shape index (κ2) is 13.6. The molecule has 2 heteroatoms. The standard InChI is InChI=1S/C60H40N2/c1-37-28-33-47-51(43-20-9-4-10-26-53(43)62-54-27-14-13-25-52(54)61-60(47)62)36-50(37)39-31-29-38(30-32-39)42-34-35-49-57-44(42)23-15-24-48(57)58-55(40-16-5-2-6-17-40)45-21-11-12-22-46(45)56(59(49)58)41-18-7-3-8-19-41/h2-9,11-27,29-32,34-36,58-59H,1,28,33H2. The van der Waals surface area contributed by atoms with Crippen molar-refractivity contribution < 1.29 is 0 Å². The summed E-state index contributed by atoms with van der Waals surface area (Å²) in [5.74, 6) is 0.375. The fourth-order valence-corrected chi connectivity index (χ4v) is 11.3. The molecule has 4 aliphatic rings. The first-order valence-corrected chi connectivity index (χ1v) is 21.8. The Balaban J connectivity index is 0.962. The number of pyridine rings is 1. The van der Waals surface area contributed by atoms with Crippen LogP contribution in [0.1, 0.15) is 68.5 Å². The Hall–Kier alpha value is -7.77. The molecule has 0 amide bonds. The molecular weight excluding hydrogens is 749 g/mol. The van der Waals surface area contributed by atoms with Gasteiger partial charge < -0.3 is 0 Å². The summed E-state index contributed by atoms with van der Waals surface area (Å²) < 4.78 is 2.32. The van der Waals surface area contributed by atoms with Crippen molar-refractivity contribution in [3.63, 3.8) is 0 Å². The molecule has 0 N–H and O–H groups in total. The summed E-state index contributed by atoms with van der Waals surface area (Å²) in [7, 11) is 0. The first-order valence-electron chi connectivity index (χ1n) is 21.8. The van der Waals surface area contributed by atoms with E-state index in [-0.39, 0.29) is 11.8 Å². The molecule has 2 unspecified atom stereocenters. The molecule has 2 atom stereocenters. The van der Waals surface area contributed by atoms with Crippen LogP contribution in [0.2, 0.25) is 0 Å². The molecular formula is C60H40N2. The lowest BCUT2D eigenvalue weighted by molar-refractivity contribution is 0.791. The lowest BCUT2D eigenvalue weighted by Gasteiger charge is -2.32. The fourth-order valence-electron chi connectivity index (χ4n) is 11.3. The van der Waals surface area contributed by atoms with Crippen LogP contribution in [-0.4, -0.2) is 9.38 Å². The smallest absolute Gasteiger partial charge is 0.142 e. The minimum Gasteiger partial charge on any atom is -0.291 e. The maximum absolute atomic E-state index is 5.21. The maximum Gasteiger partial charge on any atom is 0.142 e. The van der Waals surface area contributed by atoms with Crippen LogP contribution in [0.25, 0.3) is 73.5 Å². The zero-order chi connectivity index (χ0) is 40.9. The number of aromatic nitrogens is 2. The Labute approximate surface area is 360 Å². The topological polar surface area (TPSA) is 17.3 Å². The first-order chi connectivity index (χ1) is 30.7. The lowest BCUT2D eigenvalue weighted by atomic mass is 9.70. The molecule has 9 aromatic rings. The minimum absolute atomic E-state index is 0.188. The van der Waals surface area contributed by atoms with E-state index in [2.05, 4.69) is 205 Å². The molecule has 290 valence electrons. The van der Waals surface area contributed by atoms with Gasteiger partial charge in [-0.3, -0.25) is 4.40 Å². The van der Waals surface area contributed by atoms with Crippen molar-refractivity contribution in [3.05, 3.63) is 254 Å². The third-order valence-corrected chi connectivity index (χ3v) is 13.9. The van der Waals surface area contributed by atoms with Crippen LogP contribution in [0.5, 0.6) is 0 Å². The van der Waals surface area contributed by atoms with E-state index in [9.17, 15) is 0 Å². The second-order valence-electron chi connectivity index (χ2n) is 17.1. The van der Waals surface area contributed by atoms with Crippen molar-refractivity contribution in [2.45, 2.75) is 24.7 Å². The maximum atomic E-state index is 5.21. The Bertz CT molecular complexity index is 3570. The number of imidazole rings is 1. The average Bonchev–Trinajstić information content (AvgIpc) is 3.68. The van der Waals surface area contributed by atoms with E-state index >= 15 is 0 Å².